The van der Waals surface area contributed by atoms with Crippen LogP contribution in [0.1, 0.15) is 40.5 Å². The molecule has 16 heavy (non-hydrogen) atoms. The molecular formula is C9H21NO5S. The van der Waals surface area contributed by atoms with Crippen LogP contribution in [0, 0.1) is 0 Å². The molecule has 0 aliphatic carbocycles. The number of hydrogen-bond acceptors (Lipinski definition) is 4. The summed E-state index contributed by atoms with van der Waals surface area (Å²) in [5.41, 5.74) is 0.169. The van der Waals surface area contributed by atoms with E-state index in [0.717, 1.165) is 12.8 Å². The molecule has 1 rings (SSSR count). The Bertz CT molecular complexity index is 299. The molecule has 0 radical (unpaired) electrons. The van der Waals surface area contributed by atoms with Gasteiger partial charge in [-0.25, -0.2) is 0 Å². The molecule has 0 spiro atoms. The highest BCUT2D eigenvalue weighted by Gasteiger charge is 2.36. The molecule has 0 aromatic rings. The van der Waals surface area contributed by atoms with Crippen LogP contribution in [0.2, 0.25) is 0 Å². The quantitative estimate of drug-likeness (QED) is 0.473. The van der Waals surface area contributed by atoms with Gasteiger partial charge in [-0.15, -0.1) is 0 Å². The zero-order valence-electron chi connectivity index (χ0n) is 10.1. The first-order chi connectivity index (χ1) is 6.81. The van der Waals surface area contributed by atoms with Crippen molar-refractivity contribution in [1.29, 1.82) is 0 Å². The number of rotatable bonds is 0. The summed E-state index contributed by atoms with van der Waals surface area (Å²) in [5.74, 6) is 0. The third-order valence-corrected chi connectivity index (χ3v) is 2.17. The Balaban J connectivity index is 0.000000385. The summed E-state index contributed by atoms with van der Waals surface area (Å²) in [4.78, 5) is 0. The molecule has 98 valence electrons. The summed E-state index contributed by atoms with van der Waals surface area (Å²) >= 11 is 0. The van der Waals surface area contributed by atoms with Gasteiger partial charge in [0.25, 0.3) is 0 Å². The van der Waals surface area contributed by atoms with E-state index in [9.17, 15) is 5.11 Å². The standard InChI is InChI=1S/C9H19NO.H2O4S/c1-8(2)5-7(11)6-9(3,4)10-8;1-5(2,3)4/h7,10-11H,5-6H2,1-4H3;(H2,1,2,3,4). The number of nitrogens with one attached hydrogen (secondary N) is 1. The van der Waals surface area contributed by atoms with Gasteiger partial charge in [0, 0.05) is 11.1 Å². The van der Waals surface area contributed by atoms with Crippen molar-refractivity contribution in [3.8, 4) is 0 Å². The Morgan fingerprint density at radius 3 is 1.50 bits per heavy atom. The fourth-order valence-corrected chi connectivity index (χ4v) is 2.27. The molecule has 6 nitrogen and oxygen atoms in total. The van der Waals surface area contributed by atoms with Gasteiger partial charge < -0.3 is 10.4 Å². The Kier molecular flexibility index (Phi) is 4.90. The first-order valence-electron chi connectivity index (χ1n) is 4.98. The van der Waals surface area contributed by atoms with Crippen molar-refractivity contribution in [2.24, 2.45) is 0 Å². The monoisotopic (exact) mass is 255 g/mol. The molecule has 7 heteroatoms. The van der Waals surface area contributed by atoms with Gasteiger partial charge in [0.15, 0.2) is 0 Å². The predicted molar refractivity (Wildman–Crippen MR) is 60.7 cm³/mol. The molecule has 0 bridgehead atoms. The molecule has 1 aliphatic rings. The van der Waals surface area contributed by atoms with Crippen LogP contribution in [0.25, 0.3) is 0 Å². The van der Waals surface area contributed by atoms with Crippen molar-refractivity contribution in [1.82, 2.24) is 5.32 Å². The molecule has 1 fully saturated rings. The third kappa shape index (κ3) is 9.05. The van der Waals surface area contributed by atoms with Crippen molar-refractivity contribution < 1.29 is 22.6 Å². The molecule has 0 atom stereocenters. The second-order valence-electron chi connectivity index (χ2n) is 5.40. The van der Waals surface area contributed by atoms with Crippen LogP contribution in [-0.4, -0.2) is 39.8 Å². The Hall–Kier alpha value is -0.210. The lowest BCUT2D eigenvalue weighted by molar-refractivity contribution is 0.0396. The zero-order chi connectivity index (χ0) is 13.2. The fraction of sp³-hybridized carbons (Fsp3) is 1.00. The van der Waals surface area contributed by atoms with Crippen LogP contribution >= 0.6 is 0 Å². The molecular weight excluding hydrogens is 234 g/mol. The lowest BCUT2D eigenvalue weighted by atomic mass is 9.81. The van der Waals surface area contributed by atoms with E-state index in [1.165, 1.54) is 0 Å². The smallest absolute Gasteiger partial charge is 0.393 e. The average Bonchev–Trinajstić information content (AvgIpc) is 1.69. The minimum Gasteiger partial charge on any atom is -0.393 e. The number of piperidine rings is 1. The lowest BCUT2D eigenvalue weighted by Gasteiger charge is -2.44. The van der Waals surface area contributed by atoms with E-state index in [2.05, 4.69) is 33.0 Å². The molecule has 0 aromatic carbocycles. The van der Waals surface area contributed by atoms with Crippen LogP contribution in [0.3, 0.4) is 0 Å². The second-order valence-corrected chi connectivity index (χ2v) is 6.30. The van der Waals surface area contributed by atoms with Crippen LogP contribution in [-0.2, 0) is 10.4 Å². The van der Waals surface area contributed by atoms with Crippen molar-refractivity contribution in [3.05, 3.63) is 0 Å². The predicted octanol–water partition coefficient (Wildman–Crippen LogP) is 0.635. The van der Waals surface area contributed by atoms with Crippen molar-refractivity contribution >= 4 is 10.4 Å². The van der Waals surface area contributed by atoms with Gasteiger partial charge in [-0.2, -0.15) is 8.42 Å². The van der Waals surface area contributed by atoms with Gasteiger partial charge in [0.2, 0.25) is 0 Å². The third-order valence-electron chi connectivity index (χ3n) is 2.17. The molecule has 1 saturated heterocycles. The minimum absolute atomic E-state index is 0.0845. The molecule has 1 heterocycles. The number of aliphatic hydroxyl groups is 1. The first kappa shape index (κ1) is 15.8. The Labute approximate surface area is 96.6 Å². The minimum atomic E-state index is -4.67. The van der Waals surface area contributed by atoms with Gasteiger partial charge >= 0.3 is 10.4 Å². The van der Waals surface area contributed by atoms with Crippen molar-refractivity contribution in [2.75, 3.05) is 0 Å². The molecule has 4 N–H and O–H groups in total. The lowest BCUT2D eigenvalue weighted by Crippen LogP contribution is -2.59. The summed E-state index contributed by atoms with van der Waals surface area (Å²) in [7, 11) is -4.67. The van der Waals surface area contributed by atoms with E-state index in [1.807, 2.05) is 0 Å². The van der Waals surface area contributed by atoms with E-state index in [-0.39, 0.29) is 17.2 Å². The SMILES string of the molecule is CC1(C)CC(O)CC(C)(C)N1.O=S(=O)(O)O. The summed E-state index contributed by atoms with van der Waals surface area (Å²) < 4.78 is 31.6. The Morgan fingerprint density at radius 2 is 1.31 bits per heavy atom. The molecule has 0 unspecified atom stereocenters. The van der Waals surface area contributed by atoms with Gasteiger partial charge in [-0.05, 0) is 40.5 Å². The number of hydrogen-bond donors (Lipinski definition) is 4. The molecule has 1 aliphatic heterocycles. The highest BCUT2D eigenvalue weighted by molar-refractivity contribution is 7.79. The summed E-state index contributed by atoms with van der Waals surface area (Å²) in [6.07, 6.45) is 1.58. The van der Waals surface area contributed by atoms with Crippen LogP contribution in [0.4, 0.5) is 0 Å². The molecule has 0 saturated carbocycles. The molecule has 0 amide bonds. The fourth-order valence-electron chi connectivity index (χ4n) is 2.27. The van der Waals surface area contributed by atoms with Crippen molar-refractivity contribution in [3.63, 3.8) is 0 Å². The van der Waals surface area contributed by atoms with Gasteiger partial charge in [0.1, 0.15) is 0 Å². The van der Waals surface area contributed by atoms with Crippen LogP contribution in [0.15, 0.2) is 0 Å². The van der Waals surface area contributed by atoms with E-state index >= 15 is 0 Å². The van der Waals surface area contributed by atoms with Gasteiger partial charge in [0.05, 0.1) is 6.10 Å². The van der Waals surface area contributed by atoms with E-state index in [4.69, 9.17) is 17.5 Å². The normalized spacial score (nSPS) is 24.4. The van der Waals surface area contributed by atoms with Gasteiger partial charge in [-0.1, -0.05) is 0 Å². The van der Waals surface area contributed by atoms with Crippen LogP contribution in [0.5, 0.6) is 0 Å². The van der Waals surface area contributed by atoms with E-state index in [1.54, 1.807) is 0 Å². The summed E-state index contributed by atoms with van der Waals surface area (Å²) in [5, 5.41) is 13.0. The average molecular weight is 255 g/mol. The highest BCUT2D eigenvalue weighted by Crippen LogP contribution is 2.27. The second kappa shape index (κ2) is 4.97. The zero-order valence-corrected chi connectivity index (χ0v) is 10.9. The Morgan fingerprint density at radius 1 is 1.06 bits per heavy atom. The maximum Gasteiger partial charge on any atom is 0.394 e. The topological polar surface area (TPSA) is 107 Å². The van der Waals surface area contributed by atoms with Crippen molar-refractivity contribution in [2.45, 2.75) is 57.7 Å². The van der Waals surface area contributed by atoms with Crippen LogP contribution < -0.4 is 5.32 Å². The highest BCUT2D eigenvalue weighted by atomic mass is 32.3. The van der Waals surface area contributed by atoms with E-state index < -0.39 is 10.4 Å². The largest absolute Gasteiger partial charge is 0.394 e. The summed E-state index contributed by atoms with van der Waals surface area (Å²) in [6, 6.07) is 0. The maximum atomic E-state index is 9.54. The van der Waals surface area contributed by atoms with Gasteiger partial charge in [-0.3, -0.25) is 9.11 Å². The molecule has 0 aromatic heterocycles. The van der Waals surface area contributed by atoms with E-state index in [0.29, 0.717) is 0 Å². The first-order valence-corrected chi connectivity index (χ1v) is 6.38. The maximum absolute atomic E-state index is 9.54. The number of aliphatic hydroxyl groups excluding tert-OH is 1. The summed E-state index contributed by atoms with van der Waals surface area (Å²) in [6.45, 7) is 8.54.